The van der Waals surface area contributed by atoms with Gasteiger partial charge >= 0.3 is 0 Å². The Morgan fingerprint density at radius 1 is 0.700 bits per heavy atom. The van der Waals surface area contributed by atoms with Gasteiger partial charge in [0.2, 0.25) is 0 Å². The Balaban J connectivity index is 1.52. The van der Waals surface area contributed by atoms with E-state index in [0.717, 1.165) is 49.9 Å². The lowest BCUT2D eigenvalue weighted by molar-refractivity contribution is 1.10. The molecule has 0 amide bonds. The first-order valence-corrected chi connectivity index (χ1v) is 9.64. The van der Waals surface area contributed by atoms with Crippen LogP contribution in [0.3, 0.4) is 0 Å². The van der Waals surface area contributed by atoms with Crippen molar-refractivity contribution in [3.8, 4) is 33.6 Å². The lowest BCUT2D eigenvalue weighted by Gasteiger charge is -2.02. The van der Waals surface area contributed by atoms with Gasteiger partial charge in [0.25, 0.3) is 0 Å². The molecule has 2 N–H and O–H groups in total. The second-order valence-electron chi connectivity index (χ2n) is 7.12. The fourth-order valence-corrected chi connectivity index (χ4v) is 3.87. The third kappa shape index (κ3) is 2.66. The summed E-state index contributed by atoms with van der Waals surface area (Å²) in [5.41, 5.74) is 7.97. The molecule has 6 aromatic rings. The number of pyridine rings is 3. The van der Waals surface area contributed by atoms with E-state index in [1.165, 1.54) is 0 Å². The van der Waals surface area contributed by atoms with Crippen LogP contribution < -0.4 is 0 Å². The number of nitrogens with one attached hydrogen (secondary N) is 2. The molecule has 0 aliphatic heterocycles. The highest BCUT2D eigenvalue weighted by atomic mass is 15.2. The molecule has 142 valence electrons. The molecule has 0 spiro atoms. The van der Waals surface area contributed by atoms with Crippen molar-refractivity contribution in [3.05, 3.63) is 85.6 Å². The lowest BCUT2D eigenvalue weighted by atomic mass is 10.0. The van der Waals surface area contributed by atoms with E-state index in [-0.39, 0.29) is 0 Å². The summed E-state index contributed by atoms with van der Waals surface area (Å²) in [6, 6.07) is 18.5. The number of nitrogens with zero attached hydrogens (tertiary/aromatic N) is 4. The molecule has 0 radical (unpaired) electrons. The highest BCUT2D eigenvalue weighted by Gasteiger charge is 2.14. The molecule has 6 rings (SSSR count). The maximum absolute atomic E-state index is 4.54. The minimum absolute atomic E-state index is 0.689. The van der Waals surface area contributed by atoms with Gasteiger partial charge in [-0.15, -0.1) is 0 Å². The molecule has 5 heterocycles. The fraction of sp³-hybridized carbons (Fsp3) is 0. The molecule has 0 saturated carbocycles. The van der Waals surface area contributed by atoms with Crippen LogP contribution in [0.1, 0.15) is 0 Å². The third-order valence-electron chi connectivity index (χ3n) is 5.33. The molecule has 0 aliphatic rings. The zero-order valence-electron chi connectivity index (χ0n) is 15.9. The first-order chi connectivity index (χ1) is 14.9. The van der Waals surface area contributed by atoms with Crippen LogP contribution in [0.5, 0.6) is 0 Å². The van der Waals surface area contributed by atoms with Crippen molar-refractivity contribution in [2.75, 3.05) is 0 Å². The summed E-state index contributed by atoms with van der Waals surface area (Å²) in [5.74, 6) is 0. The van der Waals surface area contributed by atoms with Crippen molar-refractivity contribution >= 4 is 21.9 Å². The van der Waals surface area contributed by atoms with Gasteiger partial charge in [0.15, 0.2) is 5.65 Å². The van der Waals surface area contributed by atoms with Crippen molar-refractivity contribution < 1.29 is 0 Å². The van der Waals surface area contributed by atoms with Crippen molar-refractivity contribution in [2.24, 2.45) is 0 Å². The van der Waals surface area contributed by atoms with Gasteiger partial charge in [-0.1, -0.05) is 18.2 Å². The Morgan fingerprint density at radius 2 is 1.63 bits per heavy atom. The van der Waals surface area contributed by atoms with Crippen LogP contribution in [0.15, 0.2) is 85.6 Å². The first-order valence-electron chi connectivity index (χ1n) is 9.64. The van der Waals surface area contributed by atoms with Crippen LogP contribution in [0, 0.1) is 0 Å². The molecule has 6 nitrogen and oxygen atoms in total. The first kappa shape index (κ1) is 16.6. The number of aromatic amines is 2. The Hall–Kier alpha value is -4.32. The minimum Gasteiger partial charge on any atom is -0.353 e. The number of H-pyrrole nitrogens is 2. The predicted molar refractivity (Wildman–Crippen MR) is 118 cm³/mol. The van der Waals surface area contributed by atoms with Gasteiger partial charge in [0, 0.05) is 58.4 Å². The van der Waals surface area contributed by atoms with Gasteiger partial charge in [-0.05, 0) is 47.5 Å². The predicted octanol–water partition coefficient (Wildman–Crippen LogP) is 5.23. The van der Waals surface area contributed by atoms with Crippen molar-refractivity contribution in [1.29, 1.82) is 0 Å². The number of aromatic nitrogens is 6. The Kier molecular flexibility index (Phi) is 3.67. The largest absolute Gasteiger partial charge is 0.353 e. The van der Waals surface area contributed by atoms with E-state index in [1.807, 2.05) is 30.6 Å². The molecule has 30 heavy (non-hydrogen) atoms. The summed E-state index contributed by atoms with van der Waals surface area (Å²) in [6.45, 7) is 0. The summed E-state index contributed by atoms with van der Waals surface area (Å²) < 4.78 is 0. The van der Waals surface area contributed by atoms with Gasteiger partial charge < -0.3 is 4.98 Å². The number of fused-ring (bicyclic) bond motifs is 2. The molecule has 5 aromatic heterocycles. The molecule has 0 saturated heterocycles. The topological polar surface area (TPSA) is 83.1 Å². The molecule has 0 unspecified atom stereocenters. The number of hydrogen-bond donors (Lipinski definition) is 2. The van der Waals surface area contributed by atoms with Crippen LogP contribution in [0.4, 0.5) is 0 Å². The van der Waals surface area contributed by atoms with Crippen molar-refractivity contribution in [2.45, 2.75) is 0 Å². The van der Waals surface area contributed by atoms with Gasteiger partial charge in [0.05, 0.1) is 11.4 Å². The van der Waals surface area contributed by atoms with Gasteiger partial charge in [0.1, 0.15) is 0 Å². The van der Waals surface area contributed by atoms with E-state index < -0.39 is 0 Å². The smallest absolute Gasteiger partial charge is 0.181 e. The van der Waals surface area contributed by atoms with Crippen molar-refractivity contribution in [3.63, 3.8) is 0 Å². The average Bonchev–Trinajstić information content (AvgIpc) is 3.43. The van der Waals surface area contributed by atoms with E-state index in [9.17, 15) is 0 Å². The molecule has 0 aliphatic carbocycles. The summed E-state index contributed by atoms with van der Waals surface area (Å²) in [5, 5.41) is 9.67. The standard InChI is InChI=1S/C24H16N6/c1-4-18(16-3-2-8-26-13-16)19-12-22(28-21(19)5-1)23-20-11-17(14-27-24(20)30-29-23)15-6-9-25-10-7-15/h1-14,28H,(H,27,29,30). The van der Waals surface area contributed by atoms with Crippen LogP contribution in [-0.2, 0) is 0 Å². The van der Waals surface area contributed by atoms with E-state index in [2.05, 4.69) is 66.5 Å². The van der Waals surface area contributed by atoms with E-state index >= 15 is 0 Å². The lowest BCUT2D eigenvalue weighted by Crippen LogP contribution is -1.83. The monoisotopic (exact) mass is 388 g/mol. The zero-order valence-corrected chi connectivity index (χ0v) is 15.9. The second kappa shape index (κ2) is 6.63. The number of rotatable bonds is 3. The van der Waals surface area contributed by atoms with Crippen LogP contribution in [-0.4, -0.2) is 30.1 Å². The number of hydrogen-bond acceptors (Lipinski definition) is 4. The van der Waals surface area contributed by atoms with Crippen LogP contribution >= 0.6 is 0 Å². The highest BCUT2D eigenvalue weighted by molar-refractivity contribution is 6.01. The van der Waals surface area contributed by atoms with Crippen molar-refractivity contribution in [1.82, 2.24) is 30.1 Å². The van der Waals surface area contributed by atoms with E-state index in [0.29, 0.717) is 5.65 Å². The Morgan fingerprint density at radius 3 is 2.50 bits per heavy atom. The van der Waals surface area contributed by atoms with E-state index in [4.69, 9.17) is 0 Å². The third-order valence-corrected chi connectivity index (χ3v) is 5.33. The molecule has 1 aromatic carbocycles. The van der Waals surface area contributed by atoms with Crippen LogP contribution in [0.25, 0.3) is 55.6 Å². The molecular weight excluding hydrogens is 372 g/mol. The van der Waals surface area contributed by atoms with Gasteiger partial charge in [-0.25, -0.2) is 4.98 Å². The molecular formula is C24H16N6. The summed E-state index contributed by atoms with van der Waals surface area (Å²) in [7, 11) is 0. The van der Waals surface area contributed by atoms with E-state index in [1.54, 1.807) is 18.6 Å². The molecule has 6 heteroatoms. The molecule has 0 bridgehead atoms. The summed E-state index contributed by atoms with van der Waals surface area (Å²) in [4.78, 5) is 16.4. The fourth-order valence-electron chi connectivity index (χ4n) is 3.87. The summed E-state index contributed by atoms with van der Waals surface area (Å²) in [6.07, 6.45) is 9.09. The van der Waals surface area contributed by atoms with Gasteiger partial charge in [-0.3, -0.25) is 15.1 Å². The Labute approximate surface area is 171 Å². The number of benzene rings is 1. The normalized spacial score (nSPS) is 11.3. The zero-order chi connectivity index (χ0) is 19.9. The second-order valence-corrected chi connectivity index (χ2v) is 7.12. The average molecular weight is 388 g/mol. The maximum atomic E-state index is 4.54. The molecule has 0 atom stereocenters. The van der Waals surface area contributed by atoms with Crippen LogP contribution in [0.2, 0.25) is 0 Å². The molecule has 0 fully saturated rings. The highest BCUT2D eigenvalue weighted by Crippen LogP contribution is 2.34. The Bertz CT molecular complexity index is 1480. The quantitative estimate of drug-likeness (QED) is 0.435. The SMILES string of the molecule is c1cncc(-c2cccc3[nH]c(-c4[nH]nc5ncc(-c6ccncc6)cc45)cc23)c1. The summed E-state index contributed by atoms with van der Waals surface area (Å²) >= 11 is 0. The minimum atomic E-state index is 0.689. The maximum Gasteiger partial charge on any atom is 0.181 e. The van der Waals surface area contributed by atoms with Gasteiger partial charge in [-0.2, -0.15) is 5.10 Å².